The van der Waals surface area contributed by atoms with Crippen molar-refractivity contribution in [2.24, 2.45) is 11.8 Å². The Morgan fingerprint density at radius 3 is 1.93 bits per heavy atom. The molecule has 0 atom stereocenters. The Morgan fingerprint density at radius 2 is 1.37 bits per heavy atom. The van der Waals surface area contributed by atoms with Crippen molar-refractivity contribution in [3.8, 4) is 0 Å². The summed E-state index contributed by atoms with van der Waals surface area (Å²) in [5, 5.41) is 2.99. The van der Waals surface area contributed by atoms with Crippen LogP contribution in [0.2, 0.25) is 0 Å². The molecular weight excluding hydrogens is 342 g/mol. The molecule has 3 amide bonds. The number of carbonyl (C=O) groups is 3. The molecule has 27 heavy (non-hydrogen) atoms. The second-order valence-corrected chi connectivity index (χ2v) is 7.74. The molecule has 1 aliphatic carbocycles. The Hall–Kier alpha value is -2.37. The van der Waals surface area contributed by atoms with E-state index in [0.29, 0.717) is 26.2 Å². The molecule has 0 unspecified atom stereocenters. The first-order chi connectivity index (χ1) is 12.9. The van der Waals surface area contributed by atoms with E-state index in [1.165, 1.54) is 0 Å². The van der Waals surface area contributed by atoms with Gasteiger partial charge in [-0.2, -0.15) is 0 Å². The van der Waals surface area contributed by atoms with Crippen LogP contribution in [-0.4, -0.2) is 53.7 Å². The molecule has 0 radical (unpaired) electrons. The maximum Gasteiger partial charge on any atom is 0.227 e. The molecule has 0 bridgehead atoms. The molecule has 1 saturated heterocycles. The van der Waals surface area contributed by atoms with Crippen LogP contribution in [0.15, 0.2) is 24.3 Å². The number of nitrogens with one attached hydrogen (secondary N) is 1. The van der Waals surface area contributed by atoms with Crippen LogP contribution in [0.4, 0.5) is 5.69 Å². The maximum absolute atomic E-state index is 12.8. The second-order valence-electron chi connectivity index (χ2n) is 7.74. The Morgan fingerprint density at radius 1 is 0.852 bits per heavy atom. The molecule has 2 fully saturated rings. The highest BCUT2D eigenvalue weighted by molar-refractivity contribution is 5.92. The van der Waals surface area contributed by atoms with E-state index in [-0.39, 0.29) is 29.6 Å². The first kappa shape index (κ1) is 19.4. The molecule has 1 saturated carbocycles. The van der Waals surface area contributed by atoms with Gasteiger partial charge >= 0.3 is 0 Å². The summed E-state index contributed by atoms with van der Waals surface area (Å²) in [6.07, 6.45) is 3.03. The highest BCUT2D eigenvalue weighted by Crippen LogP contribution is 2.31. The number of nitrogens with zero attached hydrogens (tertiary/aromatic N) is 2. The highest BCUT2D eigenvalue weighted by atomic mass is 16.2. The van der Waals surface area contributed by atoms with Gasteiger partial charge in [0.25, 0.3) is 0 Å². The lowest BCUT2D eigenvalue weighted by atomic mass is 9.80. The summed E-state index contributed by atoms with van der Waals surface area (Å²) in [5.41, 5.74) is 1.99. The number of carbonyl (C=O) groups excluding carboxylic acids is 3. The smallest absolute Gasteiger partial charge is 0.227 e. The van der Waals surface area contributed by atoms with Crippen LogP contribution in [0.3, 0.4) is 0 Å². The normalized spacial score (nSPS) is 23.0. The standard InChI is InChI=1S/C21H29N3O3/c1-15-3-9-19(10-4-15)22-20(26)17-5-7-18(8-6-17)21(27)24-13-11-23(12-14-24)16(2)25/h3-4,9-10,17-18H,5-8,11-14H2,1-2H3,(H,22,26). The summed E-state index contributed by atoms with van der Waals surface area (Å²) >= 11 is 0. The van der Waals surface area contributed by atoms with Gasteiger partial charge in [-0.05, 0) is 44.7 Å². The van der Waals surface area contributed by atoms with Gasteiger partial charge in [-0.3, -0.25) is 14.4 Å². The molecule has 2 aliphatic rings. The van der Waals surface area contributed by atoms with Crippen LogP contribution in [0.5, 0.6) is 0 Å². The van der Waals surface area contributed by atoms with Crippen LogP contribution < -0.4 is 5.32 Å². The SMILES string of the molecule is CC(=O)N1CCN(C(=O)C2CCC(C(=O)Nc3ccc(C)cc3)CC2)CC1. The first-order valence-corrected chi connectivity index (χ1v) is 9.86. The lowest BCUT2D eigenvalue weighted by Gasteiger charge is -2.37. The van der Waals surface area contributed by atoms with Crippen LogP contribution in [-0.2, 0) is 14.4 Å². The van der Waals surface area contributed by atoms with Gasteiger partial charge in [0, 0.05) is 50.6 Å². The second kappa shape index (κ2) is 8.55. The quantitative estimate of drug-likeness (QED) is 0.887. The van der Waals surface area contributed by atoms with E-state index in [4.69, 9.17) is 0 Å². The Bertz CT molecular complexity index is 685. The number of aryl methyl sites for hydroxylation is 1. The summed E-state index contributed by atoms with van der Waals surface area (Å²) in [6, 6.07) is 7.81. The third-order valence-electron chi connectivity index (χ3n) is 5.80. The zero-order valence-electron chi connectivity index (χ0n) is 16.2. The van der Waals surface area contributed by atoms with Crippen molar-refractivity contribution >= 4 is 23.4 Å². The van der Waals surface area contributed by atoms with Crippen LogP contribution in [0.1, 0.15) is 38.2 Å². The van der Waals surface area contributed by atoms with Crippen molar-refractivity contribution in [2.75, 3.05) is 31.5 Å². The molecule has 3 rings (SSSR count). The molecule has 0 spiro atoms. The van der Waals surface area contributed by atoms with Gasteiger partial charge < -0.3 is 15.1 Å². The lowest BCUT2D eigenvalue weighted by molar-refractivity contribution is -0.142. The minimum atomic E-state index is -0.0232. The largest absolute Gasteiger partial charge is 0.339 e. The van der Waals surface area contributed by atoms with E-state index in [0.717, 1.165) is 36.9 Å². The highest BCUT2D eigenvalue weighted by Gasteiger charge is 2.33. The zero-order chi connectivity index (χ0) is 19.4. The zero-order valence-corrected chi connectivity index (χ0v) is 16.2. The molecule has 1 heterocycles. The van der Waals surface area contributed by atoms with E-state index < -0.39 is 0 Å². The predicted molar refractivity (Wildman–Crippen MR) is 104 cm³/mol. The van der Waals surface area contributed by atoms with Gasteiger partial charge in [0.05, 0.1) is 0 Å². The summed E-state index contributed by atoms with van der Waals surface area (Å²) in [6.45, 7) is 6.06. The molecule has 146 valence electrons. The van der Waals surface area contributed by atoms with E-state index in [2.05, 4.69) is 5.32 Å². The van der Waals surface area contributed by atoms with E-state index >= 15 is 0 Å². The molecule has 0 aromatic heterocycles. The molecule has 1 N–H and O–H groups in total. The van der Waals surface area contributed by atoms with Crippen molar-refractivity contribution in [3.05, 3.63) is 29.8 Å². The van der Waals surface area contributed by atoms with Crippen molar-refractivity contribution in [1.29, 1.82) is 0 Å². The minimum Gasteiger partial charge on any atom is -0.339 e. The number of hydrogen-bond donors (Lipinski definition) is 1. The van der Waals surface area contributed by atoms with Gasteiger partial charge in [0.15, 0.2) is 0 Å². The first-order valence-electron chi connectivity index (χ1n) is 9.86. The molecule has 6 nitrogen and oxygen atoms in total. The monoisotopic (exact) mass is 371 g/mol. The topological polar surface area (TPSA) is 69.7 Å². The fourth-order valence-corrected chi connectivity index (χ4v) is 3.98. The number of anilines is 1. The van der Waals surface area contributed by atoms with Crippen molar-refractivity contribution in [2.45, 2.75) is 39.5 Å². The maximum atomic E-state index is 12.8. The molecule has 6 heteroatoms. The van der Waals surface area contributed by atoms with Crippen molar-refractivity contribution in [3.63, 3.8) is 0 Å². The number of hydrogen-bond acceptors (Lipinski definition) is 3. The number of amides is 3. The van der Waals surface area contributed by atoms with Crippen LogP contribution >= 0.6 is 0 Å². The van der Waals surface area contributed by atoms with Gasteiger partial charge in [-0.25, -0.2) is 0 Å². The third-order valence-corrected chi connectivity index (χ3v) is 5.80. The number of piperazine rings is 1. The fourth-order valence-electron chi connectivity index (χ4n) is 3.98. The predicted octanol–water partition coefficient (Wildman–Crippen LogP) is 2.43. The Labute approximate surface area is 160 Å². The average Bonchev–Trinajstić information content (AvgIpc) is 2.69. The van der Waals surface area contributed by atoms with Crippen LogP contribution in [0, 0.1) is 18.8 Å². The molecule has 1 aromatic rings. The Balaban J connectivity index is 1.45. The van der Waals surface area contributed by atoms with Crippen LogP contribution in [0.25, 0.3) is 0 Å². The number of benzene rings is 1. The summed E-state index contributed by atoms with van der Waals surface area (Å²) in [5.74, 6) is 0.305. The van der Waals surface area contributed by atoms with Crippen molar-refractivity contribution < 1.29 is 14.4 Å². The fraction of sp³-hybridized carbons (Fsp3) is 0.571. The van der Waals surface area contributed by atoms with E-state index in [9.17, 15) is 14.4 Å². The average molecular weight is 371 g/mol. The third kappa shape index (κ3) is 4.87. The molecular formula is C21H29N3O3. The van der Waals surface area contributed by atoms with Gasteiger partial charge in [-0.15, -0.1) is 0 Å². The lowest BCUT2D eigenvalue weighted by Crippen LogP contribution is -2.51. The molecule has 1 aromatic carbocycles. The summed E-state index contributed by atoms with van der Waals surface area (Å²) in [4.78, 5) is 40.3. The molecule has 1 aliphatic heterocycles. The van der Waals surface area contributed by atoms with E-state index in [1.807, 2.05) is 36.1 Å². The Kier molecular flexibility index (Phi) is 6.14. The minimum absolute atomic E-state index is 0.0114. The van der Waals surface area contributed by atoms with Gasteiger partial charge in [0.2, 0.25) is 17.7 Å². The summed E-state index contributed by atoms with van der Waals surface area (Å²) in [7, 11) is 0. The van der Waals surface area contributed by atoms with Gasteiger partial charge in [-0.1, -0.05) is 17.7 Å². The summed E-state index contributed by atoms with van der Waals surface area (Å²) < 4.78 is 0. The van der Waals surface area contributed by atoms with Crippen molar-refractivity contribution in [1.82, 2.24) is 9.80 Å². The van der Waals surface area contributed by atoms with Gasteiger partial charge in [0.1, 0.15) is 0 Å². The van der Waals surface area contributed by atoms with E-state index in [1.54, 1.807) is 11.8 Å². The number of rotatable bonds is 3.